The molecular formula is C16H21NO. The molecule has 2 heteroatoms. The van der Waals surface area contributed by atoms with E-state index >= 15 is 0 Å². The molecule has 96 valence electrons. The van der Waals surface area contributed by atoms with Crippen LogP contribution in [0.25, 0.3) is 0 Å². The zero-order chi connectivity index (χ0) is 13.1. The Labute approximate surface area is 109 Å². The van der Waals surface area contributed by atoms with Crippen LogP contribution in [-0.2, 0) is 0 Å². The number of nitrogen functional groups attached to an aromatic ring is 1. The third-order valence-electron chi connectivity index (χ3n) is 3.69. The van der Waals surface area contributed by atoms with Crippen molar-refractivity contribution in [3.8, 4) is 0 Å². The van der Waals surface area contributed by atoms with Gasteiger partial charge in [-0.2, -0.15) is 0 Å². The average Bonchev–Trinajstić information content (AvgIpc) is 2.61. The van der Waals surface area contributed by atoms with Crippen LogP contribution in [0, 0.1) is 13.8 Å². The lowest BCUT2D eigenvalue weighted by Crippen LogP contribution is -2.07. The molecule has 0 saturated carbocycles. The predicted molar refractivity (Wildman–Crippen MR) is 75.8 cm³/mol. The van der Waals surface area contributed by atoms with E-state index in [2.05, 4.69) is 6.08 Å². The third kappa shape index (κ3) is 2.63. The summed E-state index contributed by atoms with van der Waals surface area (Å²) >= 11 is 0. The zero-order valence-corrected chi connectivity index (χ0v) is 11.3. The van der Waals surface area contributed by atoms with Gasteiger partial charge in [-0.1, -0.05) is 18.6 Å². The van der Waals surface area contributed by atoms with Gasteiger partial charge in [-0.25, -0.2) is 0 Å². The molecule has 2 nitrogen and oxygen atoms in total. The third-order valence-corrected chi connectivity index (χ3v) is 3.69. The second-order valence-corrected chi connectivity index (χ2v) is 5.18. The minimum atomic E-state index is 0.168. The van der Waals surface area contributed by atoms with Gasteiger partial charge in [0, 0.05) is 11.3 Å². The van der Waals surface area contributed by atoms with E-state index in [1.807, 2.05) is 26.0 Å². The smallest absolute Gasteiger partial charge is 0.189 e. The Hall–Kier alpha value is -1.57. The minimum absolute atomic E-state index is 0.168. The maximum atomic E-state index is 12.5. The van der Waals surface area contributed by atoms with Crippen molar-refractivity contribution in [3.05, 3.63) is 40.5 Å². The first-order chi connectivity index (χ1) is 8.59. The number of hydrogen-bond acceptors (Lipinski definition) is 2. The van der Waals surface area contributed by atoms with Crippen LogP contribution in [0.1, 0.15) is 53.6 Å². The molecule has 0 heterocycles. The molecule has 1 aromatic rings. The molecule has 0 aromatic heterocycles. The monoisotopic (exact) mass is 243 g/mol. The molecule has 0 aliphatic heterocycles. The van der Waals surface area contributed by atoms with Gasteiger partial charge in [-0.05, 0) is 62.3 Å². The summed E-state index contributed by atoms with van der Waals surface area (Å²) in [5.74, 6) is 0.168. The van der Waals surface area contributed by atoms with Gasteiger partial charge in [0.15, 0.2) is 5.78 Å². The highest BCUT2D eigenvalue weighted by atomic mass is 16.1. The molecule has 2 rings (SSSR count). The van der Waals surface area contributed by atoms with Crippen molar-refractivity contribution >= 4 is 11.5 Å². The van der Waals surface area contributed by atoms with Crippen molar-refractivity contribution in [3.63, 3.8) is 0 Å². The van der Waals surface area contributed by atoms with Crippen LogP contribution < -0.4 is 5.73 Å². The lowest BCUT2D eigenvalue weighted by molar-refractivity contribution is 0.103. The summed E-state index contributed by atoms with van der Waals surface area (Å²) in [6.45, 7) is 3.96. The Bertz CT molecular complexity index is 500. The molecule has 1 aromatic carbocycles. The first kappa shape index (κ1) is 12.9. The van der Waals surface area contributed by atoms with Gasteiger partial charge in [0.25, 0.3) is 0 Å². The summed E-state index contributed by atoms with van der Waals surface area (Å²) in [5, 5.41) is 0. The molecule has 0 atom stereocenters. The molecule has 0 radical (unpaired) electrons. The number of hydrogen-bond donors (Lipinski definition) is 1. The topological polar surface area (TPSA) is 43.1 Å². The summed E-state index contributed by atoms with van der Waals surface area (Å²) in [5.41, 5.74) is 10.4. The molecule has 1 aliphatic rings. The van der Waals surface area contributed by atoms with E-state index in [4.69, 9.17) is 5.73 Å². The molecular weight excluding hydrogens is 222 g/mol. The molecule has 0 amide bonds. The summed E-state index contributed by atoms with van der Waals surface area (Å²) in [7, 11) is 0. The van der Waals surface area contributed by atoms with Crippen molar-refractivity contribution in [2.24, 2.45) is 0 Å². The fourth-order valence-electron chi connectivity index (χ4n) is 2.51. The van der Waals surface area contributed by atoms with E-state index in [0.717, 1.165) is 41.5 Å². The average molecular weight is 243 g/mol. The highest BCUT2D eigenvalue weighted by molar-refractivity contribution is 6.10. The van der Waals surface area contributed by atoms with E-state index in [1.165, 1.54) is 12.8 Å². The Kier molecular flexibility index (Phi) is 3.85. The van der Waals surface area contributed by atoms with Crippen molar-refractivity contribution in [2.75, 3.05) is 5.73 Å². The number of nitrogens with two attached hydrogens (primary N) is 1. The largest absolute Gasteiger partial charge is 0.398 e. The normalized spacial score (nSPS) is 16.0. The standard InChI is InChI=1S/C16H21NO/c1-11-9-12(2)15(17)10-14(11)16(18)13-7-5-3-4-6-8-13/h7,9-10H,3-6,8,17H2,1-2H3. The highest BCUT2D eigenvalue weighted by Gasteiger charge is 2.16. The second-order valence-electron chi connectivity index (χ2n) is 5.18. The Morgan fingerprint density at radius 3 is 2.67 bits per heavy atom. The number of benzene rings is 1. The molecule has 18 heavy (non-hydrogen) atoms. The van der Waals surface area contributed by atoms with Crippen molar-refractivity contribution in [1.29, 1.82) is 0 Å². The molecule has 1 aliphatic carbocycles. The number of rotatable bonds is 2. The Balaban J connectivity index is 2.33. The zero-order valence-electron chi connectivity index (χ0n) is 11.3. The van der Waals surface area contributed by atoms with Gasteiger partial charge in [-0.15, -0.1) is 0 Å². The van der Waals surface area contributed by atoms with Gasteiger partial charge in [-0.3, -0.25) is 4.79 Å². The fraction of sp³-hybridized carbons (Fsp3) is 0.438. The molecule has 0 saturated heterocycles. The number of carbonyl (C=O) groups is 1. The Morgan fingerprint density at radius 1 is 1.11 bits per heavy atom. The highest BCUT2D eigenvalue weighted by Crippen LogP contribution is 2.25. The molecule has 0 unspecified atom stereocenters. The number of ketones is 1. The molecule has 0 fully saturated rings. The van der Waals surface area contributed by atoms with E-state index < -0.39 is 0 Å². The van der Waals surface area contributed by atoms with Gasteiger partial charge < -0.3 is 5.73 Å². The fourth-order valence-corrected chi connectivity index (χ4v) is 2.51. The number of anilines is 1. The van der Waals surface area contributed by atoms with E-state index in [9.17, 15) is 4.79 Å². The lowest BCUT2D eigenvalue weighted by atomic mass is 9.94. The number of carbonyl (C=O) groups excluding carboxylic acids is 1. The summed E-state index contributed by atoms with van der Waals surface area (Å²) in [6, 6.07) is 3.83. The van der Waals surface area contributed by atoms with Gasteiger partial charge in [0.2, 0.25) is 0 Å². The van der Waals surface area contributed by atoms with Crippen LogP contribution in [-0.4, -0.2) is 5.78 Å². The van der Waals surface area contributed by atoms with E-state index in [-0.39, 0.29) is 5.78 Å². The lowest BCUT2D eigenvalue weighted by Gasteiger charge is -2.10. The maximum Gasteiger partial charge on any atom is 0.189 e. The van der Waals surface area contributed by atoms with Gasteiger partial charge in [0.1, 0.15) is 0 Å². The van der Waals surface area contributed by atoms with Crippen LogP contribution in [0.15, 0.2) is 23.8 Å². The van der Waals surface area contributed by atoms with E-state index in [1.54, 1.807) is 0 Å². The van der Waals surface area contributed by atoms with Crippen LogP contribution >= 0.6 is 0 Å². The summed E-state index contributed by atoms with van der Waals surface area (Å²) in [4.78, 5) is 12.5. The predicted octanol–water partition coefficient (Wildman–Crippen LogP) is 3.96. The second kappa shape index (κ2) is 5.38. The van der Waals surface area contributed by atoms with Crippen molar-refractivity contribution in [2.45, 2.75) is 46.0 Å². The van der Waals surface area contributed by atoms with Crippen molar-refractivity contribution < 1.29 is 4.79 Å². The molecule has 2 N–H and O–H groups in total. The number of aryl methyl sites for hydroxylation is 2. The SMILES string of the molecule is Cc1cc(C)c(C(=O)C2=CCCCCC2)cc1N. The van der Waals surface area contributed by atoms with Gasteiger partial charge >= 0.3 is 0 Å². The van der Waals surface area contributed by atoms with Crippen LogP contribution in [0.2, 0.25) is 0 Å². The first-order valence-corrected chi connectivity index (χ1v) is 6.70. The van der Waals surface area contributed by atoms with E-state index in [0.29, 0.717) is 5.69 Å². The van der Waals surface area contributed by atoms with Crippen LogP contribution in [0.5, 0.6) is 0 Å². The number of allylic oxidation sites excluding steroid dienone is 2. The Morgan fingerprint density at radius 2 is 1.89 bits per heavy atom. The van der Waals surface area contributed by atoms with Gasteiger partial charge in [0.05, 0.1) is 0 Å². The van der Waals surface area contributed by atoms with Crippen molar-refractivity contribution in [1.82, 2.24) is 0 Å². The van der Waals surface area contributed by atoms with Crippen LogP contribution in [0.3, 0.4) is 0 Å². The first-order valence-electron chi connectivity index (χ1n) is 6.70. The number of Topliss-reactive ketones (excluding diaryl/α,β-unsaturated/α-hetero) is 1. The van der Waals surface area contributed by atoms with Crippen LogP contribution in [0.4, 0.5) is 5.69 Å². The summed E-state index contributed by atoms with van der Waals surface area (Å²) in [6.07, 6.45) is 7.60. The molecule has 0 bridgehead atoms. The molecule has 0 spiro atoms. The summed E-state index contributed by atoms with van der Waals surface area (Å²) < 4.78 is 0. The quantitative estimate of drug-likeness (QED) is 0.631. The minimum Gasteiger partial charge on any atom is -0.398 e. The maximum absolute atomic E-state index is 12.5.